The molecule has 1 saturated heterocycles. The number of carbonyl (C=O) groups is 1. The van der Waals surface area contributed by atoms with E-state index in [4.69, 9.17) is 4.98 Å². The summed E-state index contributed by atoms with van der Waals surface area (Å²) in [5, 5.41) is 8.25. The number of carbonyl (C=O) groups excluding carboxylic acids is 1. The maximum Gasteiger partial charge on any atom is 0.276 e. The van der Waals surface area contributed by atoms with Gasteiger partial charge in [0.25, 0.3) is 5.91 Å². The Hall–Kier alpha value is -3.48. The Labute approximate surface area is 162 Å². The van der Waals surface area contributed by atoms with Gasteiger partial charge in [-0.15, -0.1) is 5.10 Å². The summed E-state index contributed by atoms with van der Waals surface area (Å²) >= 11 is 0. The first-order chi connectivity index (χ1) is 13.7. The molecule has 4 aromatic rings. The molecule has 1 amide bonds. The fourth-order valence-corrected chi connectivity index (χ4v) is 3.96. The highest BCUT2D eigenvalue weighted by molar-refractivity contribution is 5.92. The minimum Gasteiger partial charge on any atom is -0.329 e. The topological polar surface area (TPSA) is 68.8 Å². The van der Waals surface area contributed by atoms with Crippen molar-refractivity contribution in [1.29, 1.82) is 0 Å². The van der Waals surface area contributed by atoms with E-state index in [-0.39, 0.29) is 11.9 Å². The molecule has 0 N–H and O–H groups in total. The van der Waals surface area contributed by atoms with Crippen molar-refractivity contribution in [2.45, 2.75) is 18.9 Å². The lowest BCUT2D eigenvalue weighted by Gasteiger charge is -2.23. The smallest absolute Gasteiger partial charge is 0.276 e. The van der Waals surface area contributed by atoms with Crippen molar-refractivity contribution in [3.8, 4) is 5.69 Å². The number of hydrogen-bond donors (Lipinski definition) is 0. The lowest BCUT2D eigenvalue weighted by atomic mass is 10.2. The van der Waals surface area contributed by atoms with Crippen LogP contribution in [-0.2, 0) is 7.05 Å². The van der Waals surface area contributed by atoms with Gasteiger partial charge in [-0.05, 0) is 37.1 Å². The Balaban J connectivity index is 1.46. The summed E-state index contributed by atoms with van der Waals surface area (Å²) in [4.78, 5) is 19.9. The van der Waals surface area contributed by atoms with Gasteiger partial charge in [0.1, 0.15) is 5.82 Å². The van der Waals surface area contributed by atoms with Gasteiger partial charge >= 0.3 is 0 Å². The van der Waals surface area contributed by atoms with Crippen LogP contribution in [0, 0.1) is 0 Å². The third-order valence-electron chi connectivity index (χ3n) is 5.37. The van der Waals surface area contributed by atoms with Crippen molar-refractivity contribution in [3.63, 3.8) is 0 Å². The molecule has 2 aromatic carbocycles. The molecule has 3 heterocycles. The quantitative estimate of drug-likeness (QED) is 0.554. The Morgan fingerprint density at radius 2 is 1.86 bits per heavy atom. The number of imidazole rings is 1. The van der Waals surface area contributed by atoms with Gasteiger partial charge in [-0.2, -0.15) is 0 Å². The van der Waals surface area contributed by atoms with Gasteiger partial charge in [0.2, 0.25) is 0 Å². The van der Waals surface area contributed by atoms with Crippen LogP contribution in [0.1, 0.15) is 35.2 Å². The number of nitrogens with zero attached hydrogens (tertiary/aromatic N) is 6. The van der Waals surface area contributed by atoms with Crippen molar-refractivity contribution >= 4 is 16.9 Å². The molecule has 1 fully saturated rings. The number of hydrogen-bond acceptors (Lipinski definition) is 4. The molecule has 0 aliphatic carbocycles. The minimum absolute atomic E-state index is 0.0493. The summed E-state index contributed by atoms with van der Waals surface area (Å²) in [7, 11) is 2.01. The van der Waals surface area contributed by atoms with Gasteiger partial charge in [-0.1, -0.05) is 35.5 Å². The average Bonchev–Trinajstić information content (AvgIpc) is 3.47. The van der Waals surface area contributed by atoms with E-state index in [0.29, 0.717) is 12.2 Å². The summed E-state index contributed by atoms with van der Waals surface area (Å²) in [5.41, 5.74) is 3.26. The second-order valence-electron chi connectivity index (χ2n) is 7.06. The third-order valence-corrected chi connectivity index (χ3v) is 5.37. The van der Waals surface area contributed by atoms with E-state index in [1.54, 1.807) is 10.9 Å². The van der Waals surface area contributed by atoms with E-state index in [9.17, 15) is 4.79 Å². The van der Waals surface area contributed by atoms with Crippen LogP contribution in [0.5, 0.6) is 0 Å². The SMILES string of the molecule is Cn1c([C@H]2CCCN2C(=O)c2cn(-c3ccccc3)nn2)nc2ccccc21. The Morgan fingerprint density at radius 1 is 1.07 bits per heavy atom. The standard InChI is InChI=1S/C21H20N6O/c1-25-18-11-6-5-10-16(18)22-20(25)19-12-7-13-26(19)21(28)17-14-27(24-23-17)15-8-3-2-4-9-15/h2-6,8-11,14,19H,7,12-13H2,1H3/t19-/m1/s1. The summed E-state index contributed by atoms with van der Waals surface area (Å²) in [6.45, 7) is 0.699. The second kappa shape index (κ2) is 6.60. The number of likely N-dealkylation sites (tertiary alicyclic amines) is 1. The van der Waals surface area contributed by atoms with Crippen LogP contribution in [-0.4, -0.2) is 41.9 Å². The van der Waals surface area contributed by atoms with Crippen molar-refractivity contribution < 1.29 is 4.79 Å². The van der Waals surface area contributed by atoms with Crippen molar-refractivity contribution in [2.75, 3.05) is 6.54 Å². The molecule has 5 rings (SSSR count). The predicted molar refractivity (Wildman–Crippen MR) is 105 cm³/mol. The van der Waals surface area contributed by atoms with E-state index < -0.39 is 0 Å². The number of aromatic nitrogens is 5. The van der Waals surface area contributed by atoms with Crippen LogP contribution in [0.2, 0.25) is 0 Å². The molecule has 0 spiro atoms. The maximum absolute atomic E-state index is 13.2. The molecule has 0 unspecified atom stereocenters. The van der Waals surface area contributed by atoms with E-state index in [2.05, 4.69) is 20.9 Å². The van der Waals surface area contributed by atoms with E-state index >= 15 is 0 Å². The van der Waals surface area contributed by atoms with Crippen LogP contribution in [0.3, 0.4) is 0 Å². The molecule has 0 bridgehead atoms. The zero-order valence-electron chi connectivity index (χ0n) is 15.6. The number of para-hydroxylation sites is 3. The number of amides is 1. The summed E-state index contributed by atoms with van der Waals surface area (Å²) < 4.78 is 3.72. The van der Waals surface area contributed by atoms with Gasteiger partial charge in [0.05, 0.1) is 29.0 Å². The Kier molecular flexibility index (Phi) is 3.93. The summed E-state index contributed by atoms with van der Waals surface area (Å²) in [6, 6.07) is 17.7. The van der Waals surface area contributed by atoms with Crippen molar-refractivity contribution in [3.05, 3.63) is 72.3 Å². The van der Waals surface area contributed by atoms with Gasteiger partial charge < -0.3 is 9.47 Å². The molecule has 1 aliphatic heterocycles. The molecule has 0 saturated carbocycles. The monoisotopic (exact) mass is 372 g/mol. The average molecular weight is 372 g/mol. The highest BCUT2D eigenvalue weighted by Gasteiger charge is 2.34. The van der Waals surface area contributed by atoms with Gasteiger partial charge in [-0.25, -0.2) is 9.67 Å². The molecule has 0 radical (unpaired) electrons. The molecular formula is C21H20N6O. The number of fused-ring (bicyclic) bond motifs is 1. The highest BCUT2D eigenvalue weighted by atomic mass is 16.2. The second-order valence-corrected chi connectivity index (χ2v) is 7.06. The molecule has 2 aromatic heterocycles. The molecule has 1 atom stereocenters. The Bertz CT molecular complexity index is 1150. The third kappa shape index (κ3) is 2.67. The minimum atomic E-state index is -0.100. The molecule has 1 aliphatic rings. The zero-order valence-corrected chi connectivity index (χ0v) is 15.6. The predicted octanol–water partition coefficient (Wildman–Crippen LogP) is 3.13. The Morgan fingerprint density at radius 3 is 2.68 bits per heavy atom. The van der Waals surface area contributed by atoms with Gasteiger partial charge in [0.15, 0.2) is 5.69 Å². The van der Waals surface area contributed by atoms with Crippen molar-refractivity contribution in [1.82, 2.24) is 29.4 Å². The summed E-state index contributed by atoms with van der Waals surface area (Å²) in [6.07, 6.45) is 3.55. The first kappa shape index (κ1) is 16.7. The van der Waals surface area contributed by atoms with E-state index in [1.165, 1.54) is 0 Å². The van der Waals surface area contributed by atoms with Crippen LogP contribution >= 0.6 is 0 Å². The molecule has 7 heteroatoms. The number of benzene rings is 2. The number of rotatable bonds is 3. The van der Waals surface area contributed by atoms with Gasteiger partial charge in [-0.3, -0.25) is 4.79 Å². The normalized spacial score (nSPS) is 16.8. The first-order valence-electron chi connectivity index (χ1n) is 9.42. The fourth-order valence-electron chi connectivity index (χ4n) is 3.96. The number of aryl methyl sites for hydroxylation is 1. The van der Waals surface area contributed by atoms with Crippen LogP contribution in [0.4, 0.5) is 0 Å². The largest absolute Gasteiger partial charge is 0.329 e. The maximum atomic E-state index is 13.2. The fraction of sp³-hybridized carbons (Fsp3) is 0.238. The zero-order chi connectivity index (χ0) is 19.1. The van der Waals surface area contributed by atoms with Crippen LogP contribution < -0.4 is 0 Å². The highest BCUT2D eigenvalue weighted by Crippen LogP contribution is 2.33. The summed E-state index contributed by atoms with van der Waals surface area (Å²) in [5.74, 6) is 0.819. The molecular weight excluding hydrogens is 352 g/mol. The first-order valence-corrected chi connectivity index (χ1v) is 9.42. The van der Waals surface area contributed by atoms with Crippen molar-refractivity contribution in [2.24, 2.45) is 7.05 Å². The molecule has 28 heavy (non-hydrogen) atoms. The van der Waals surface area contributed by atoms with E-state index in [1.807, 2.05) is 60.5 Å². The lowest BCUT2D eigenvalue weighted by molar-refractivity contribution is 0.0722. The molecule has 7 nitrogen and oxygen atoms in total. The molecule has 140 valence electrons. The van der Waals surface area contributed by atoms with E-state index in [0.717, 1.165) is 35.4 Å². The van der Waals surface area contributed by atoms with Crippen LogP contribution in [0.25, 0.3) is 16.7 Å². The lowest BCUT2D eigenvalue weighted by Crippen LogP contribution is -2.32. The van der Waals surface area contributed by atoms with Crippen LogP contribution in [0.15, 0.2) is 60.8 Å². The van der Waals surface area contributed by atoms with Gasteiger partial charge in [0, 0.05) is 13.6 Å².